The topological polar surface area (TPSA) is 52.6 Å². The molecule has 0 bridgehead atoms. The van der Waals surface area contributed by atoms with Crippen LogP contribution in [0.5, 0.6) is 0 Å². The van der Waals surface area contributed by atoms with Crippen molar-refractivity contribution in [1.29, 1.82) is 0 Å². The minimum absolute atomic E-state index is 0.321. The van der Waals surface area contributed by atoms with Crippen molar-refractivity contribution >= 4 is 5.97 Å². The SMILES string of the molecule is CCN(CC)CCNC(C)(C(=O)O)C1CC1. The summed E-state index contributed by atoms with van der Waals surface area (Å²) in [5.74, 6) is -0.392. The van der Waals surface area contributed by atoms with E-state index in [1.807, 2.05) is 6.92 Å². The summed E-state index contributed by atoms with van der Waals surface area (Å²) in [6.07, 6.45) is 2.09. The maximum Gasteiger partial charge on any atom is 0.323 e. The van der Waals surface area contributed by atoms with E-state index in [1.54, 1.807) is 0 Å². The van der Waals surface area contributed by atoms with Crippen molar-refractivity contribution in [3.8, 4) is 0 Å². The molecule has 2 N–H and O–H groups in total. The van der Waals surface area contributed by atoms with Crippen molar-refractivity contribution < 1.29 is 9.90 Å². The lowest BCUT2D eigenvalue weighted by atomic mass is 9.96. The highest BCUT2D eigenvalue weighted by molar-refractivity contribution is 5.79. The van der Waals surface area contributed by atoms with Crippen LogP contribution in [0.15, 0.2) is 0 Å². The molecular formula is C12H24N2O2. The molecule has 94 valence electrons. The first-order chi connectivity index (χ1) is 7.54. The van der Waals surface area contributed by atoms with Crippen LogP contribution in [-0.4, -0.2) is 47.7 Å². The predicted octanol–water partition coefficient (Wildman–Crippen LogP) is 1.17. The van der Waals surface area contributed by atoms with E-state index < -0.39 is 11.5 Å². The summed E-state index contributed by atoms with van der Waals surface area (Å²) in [5, 5.41) is 12.5. The summed E-state index contributed by atoms with van der Waals surface area (Å²) in [4.78, 5) is 13.5. The summed E-state index contributed by atoms with van der Waals surface area (Å²) >= 11 is 0. The minimum Gasteiger partial charge on any atom is -0.480 e. The molecule has 1 saturated carbocycles. The predicted molar refractivity (Wildman–Crippen MR) is 64.6 cm³/mol. The molecule has 0 radical (unpaired) electrons. The number of hydrogen-bond acceptors (Lipinski definition) is 3. The van der Waals surface area contributed by atoms with E-state index in [-0.39, 0.29) is 0 Å². The highest BCUT2D eigenvalue weighted by Gasteiger charge is 2.46. The van der Waals surface area contributed by atoms with Gasteiger partial charge in [-0.1, -0.05) is 13.8 Å². The van der Waals surface area contributed by atoms with Crippen LogP contribution in [0, 0.1) is 5.92 Å². The Bertz CT molecular complexity index is 237. The van der Waals surface area contributed by atoms with Gasteiger partial charge in [-0.2, -0.15) is 0 Å². The molecule has 1 fully saturated rings. The van der Waals surface area contributed by atoms with Gasteiger partial charge in [-0.05, 0) is 38.8 Å². The minimum atomic E-state index is -0.715. The Kier molecular flexibility index (Phi) is 4.74. The molecule has 4 heteroatoms. The number of likely N-dealkylation sites (N-methyl/N-ethyl adjacent to an activating group) is 1. The highest BCUT2D eigenvalue weighted by atomic mass is 16.4. The van der Waals surface area contributed by atoms with E-state index in [4.69, 9.17) is 0 Å². The number of nitrogens with zero attached hydrogens (tertiary/aromatic N) is 1. The third kappa shape index (κ3) is 3.19. The molecule has 0 saturated heterocycles. The summed E-state index contributed by atoms with van der Waals surface area (Å²) in [7, 11) is 0. The van der Waals surface area contributed by atoms with Gasteiger partial charge < -0.3 is 15.3 Å². The third-order valence-corrected chi connectivity index (χ3v) is 3.65. The van der Waals surface area contributed by atoms with Gasteiger partial charge in [0.2, 0.25) is 0 Å². The van der Waals surface area contributed by atoms with Gasteiger partial charge in [0.1, 0.15) is 5.54 Å². The zero-order valence-electron chi connectivity index (χ0n) is 10.6. The second kappa shape index (κ2) is 5.64. The van der Waals surface area contributed by atoms with Crippen LogP contribution in [0.4, 0.5) is 0 Å². The summed E-state index contributed by atoms with van der Waals surface area (Å²) < 4.78 is 0. The first-order valence-corrected chi connectivity index (χ1v) is 6.25. The second-order valence-corrected chi connectivity index (χ2v) is 4.74. The molecule has 16 heavy (non-hydrogen) atoms. The standard InChI is InChI=1S/C12H24N2O2/c1-4-14(5-2)9-8-13-12(3,11(15)16)10-6-7-10/h10,13H,4-9H2,1-3H3,(H,15,16). The molecule has 0 aromatic rings. The maximum atomic E-state index is 11.2. The monoisotopic (exact) mass is 228 g/mol. The average Bonchev–Trinajstić information content (AvgIpc) is 3.07. The van der Waals surface area contributed by atoms with Crippen LogP contribution in [0.1, 0.15) is 33.6 Å². The zero-order valence-corrected chi connectivity index (χ0v) is 10.6. The molecule has 0 heterocycles. The van der Waals surface area contributed by atoms with Gasteiger partial charge in [0.05, 0.1) is 0 Å². The molecule has 0 aromatic carbocycles. The van der Waals surface area contributed by atoms with Gasteiger partial charge >= 0.3 is 5.97 Å². The number of carbonyl (C=O) groups is 1. The number of hydrogen-bond donors (Lipinski definition) is 2. The quantitative estimate of drug-likeness (QED) is 0.655. The third-order valence-electron chi connectivity index (χ3n) is 3.65. The fourth-order valence-electron chi connectivity index (χ4n) is 2.07. The molecule has 0 aliphatic heterocycles. The Morgan fingerprint density at radius 3 is 2.38 bits per heavy atom. The van der Waals surface area contributed by atoms with E-state index in [9.17, 15) is 9.90 Å². The van der Waals surface area contributed by atoms with Crippen LogP contribution >= 0.6 is 0 Å². The number of carboxylic acid groups (broad SMARTS) is 1. The first kappa shape index (κ1) is 13.5. The molecule has 4 nitrogen and oxygen atoms in total. The smallest absolute Gasteiger partial charge is 0.323 e. The Morgan fingerprint density at radius 2 is 2.00 bits per heavy atom. The molecule has 0 aromatic heterocycles. The van der Waals surface area contributed by atoms with Crippen molar-refractivity contribution in [3.63, 3.8) is 0 Å². The van der Waals surface area contributed by atoms with Crippen LogP contribution < -0.4 is 5.32 Å². The Labute approximate surface area is 98.0 Å². The number of nitrogens with one attached hydrogen (secondary N) is 1. The van der Waals surface area contributed by atoms with E-state index in [0.717, 1.165) is 39.0 Å². The normalized spacial score (nSPS) is 19.8. The average molecular weight is 228 g/mol. The number of rotatable bonds is 8. The van der Waals surface area contributed by atoms with Crippen molar-refractivity contribution in [2.45, 2.75) is 39.2 Å². The van der Waals surface area contributed by atoms with Gasteiger partial charge in [0.25, 0.3) is 0 Å². The van der Waals surface area contributed by atoms with E-state index >= 15 is 0 Å². The molecule has 1 aliphatic rings. The van der Waals surface area contributed by atoms with Gasteiger partial charge in [-0.3, -0.25) is 4.79 Å². The van der Waals surface area contributed by atoms with Crippen molar-refractivity contribution in [2.24, 2.45) is 5.92 Å². The first-order valence-electron chi connectivity index (χ1n) is 6.25. The molecule has 1 atom stereocenters. The fourth-order valence-corrected chi connectivity index (χ4v) is 2.07. The highest BCUT2D eigenvalue weighted by Crippen LogP contribution is 2.39. The fraction of sp³-hybridized carbons (Fsp3) is 0.917. The van der Waals surface area contributed by atoms with Crippen LogP contribution in [0.2, 0.25) is 0 Å². The van der Waals surface area contributed by atoms with Crippen LogP contribution in [0.3, 0.4) is 0 Å². The largest absolute Gasteiger partial charge is 0.480 e. The second-order valence-electron chi connectivity index (χ2n) is 4.74. The molecule has 1 aliphatic carbocycles. The number of aliphatic carboxylic acids is 1. The molecular weight excluding hydrogens is 204 g/mol. The van der Waals surface area contributed by atoms with Crippen LogP contribution in [0.25, 0.3) is 0 Å². The molecule has 0 spiro atoms. The lowest BCUT2D eigenvalue weighted by Crippen LogP contribution is -2.53. The molecule has 1 unspecified atom stereocenters. The van der Waals surface area contributed by atoms with Gasteiger partial charge in [-0.15, -0.1) is 0 Å². The maximum absolute atomic E-state index is 11.2. The number of carboxylic acids is 1. The van der Waals surface area contributed by atoms with E-state index in [0.29, 0.717) is 5.92 Å². The van der Waals surface area contributed by atoms with E-state index in [2.05, 4.69) is 24.1 Å². The zero-order chi connectivity index (χ0) is 12.2. The lowest BCUT2D eigenvalue weighted by Gasteiger charge is -2.28. The summed E-state index contributed by atoms with van der Waals surface area (Å²) in [6.45, 7) is 9.77. The van der Waals surface area contributed by atoms with Gasteiger partial charge in [-0.25, -0.2) is 0 Å². The lowest BCUT2D eigenvalue weighted by molar-refractivity contribution is -0.145. The van der Waals surface area contributed by atoms with E-state index in [1.165, 1.54) is 0 Å². The van der Waals surface area contributed by atoms with Gasteiger partial charge in [0.15, 0.2) is 0 Å². The van der Waals surface area contributed by atoms with Crippen molar-refractivity contribution in [3.05, 3.63) is 0 Å². The summed E-state index contributed by atoms with van der Waals surface area (Å²) in [5.41, 5.74) is -0.715. The van der Waals surface area contributed by atoms with Crippen LogP contribution in [-0.2, 0) is 4.79 Å². The Morgan fingerprint density at radius 1 is 1.44 bits per heavy atom. The Balaban J connectivity index is 2.36. The molecule has 1 rings (SSSR count). The van der Waals surface area contributed by atoms with Crippen molar-refractivity contribution in [1.82, 2.24) is 10.2 Å². The van der Waals surface area contributed by atoms with Crippen molar-refractivity contribution in [2.75, 3.05) is 26.2 Å². The Hall–Kier alpha value is -0.610. The molecule has 0 amide bonds. The summed E-state index contributed by atoms with van der Waals surface area (Å²) in [6, 6.07) is 0. The van der Waals surface area contributed by atoms with Gasteiger partial charge in [0, 0.05) is 13.1 Å².